The van der Waals surface area contributed by atoms with Crippen LogP contribution in [-0.4, -0.2) is 60.6 Å². The van der Waals surface area contributed by atoms with Gasteiger partial charge < -0.3 is 10.2 Å². The molecule has 0 aromatic heterocycles. The number of carbonyl (C=O) groups excluding carboxylic acids is 1. The number of para-hydroxylation sites is 1. The zero-order chi connectivity index (χ0) is 30.8. The van der Waals surface area contributed by atoms with E-state index >= 15 is 0 Å². The molecule has 226 valence electrons. The highest BCUT2D eigenvalue weighted by atomic mass is 35.5. The van der Waals surface area contributed by atoms with Gasteiger partial charge in [-0.25, -0.2) is 8.42 Å². The van der Waals surface area contributed by atoms with Crippen molar-refractivity contribution in [1.29, 1.82) is 5.41 Å². The minimum Gasteiger partial charge on any atom is -0.354 e. The molecular weight excluding hydrogens is 601 g/mol. The van der Waals surface area contributed by atoms with Gasteiger partial charge in [-0.1, -0.05) is 54.1 Å². The van der Waals surface area contributed by atoms with E-state index < -0.39 is 21.9 Å². The van der Waals surface area contributed by atoms with Crippen LogP contribution >= 0.6 is 11.6 Å². The van der Waals surface area contributed by atoms with Gasteiger partial charge in [-0.05, 0) is 73.7 Å². The molecule has 1 aliphatic heterocycles. The lowest BCUT2D eigenvalue weighted by Crippen LogP contribution is -2.49. The third-order valence-electron chi connectivity index (χ3n) is 7.52. The maximum atomic E-state index is 13.4. The number of nitrogens with zero attached hydrogens (tertiary/aromatic N) is 2. The zero-order valence-electron chi connectivity index (χ0n) is 23.0. The van der Waals surface area contributed by atoms with Crippen molar-refractivity contribution in [3.63, 3.8) is 0 Å². The molecule has 1 aliphatic carbocycles. The van der Waals surface area contributed by atoms with Crippen LogP contribution in [0.3, 0.4) is 0 Å². The van der Waals surface area contributed by atoms with Gasteiger partial charge in [0.05, 0.1) is 15.6 Å². The fourth-order valence-electron chi connectivity index (χ4n) is 5.16. The highest BCUT2D eigenvalue weighted by Gasteiger charge is 2.43. The highest BCUT2D eigenvalue weighted by Crippen LogP contribution is 2.37. The number of allylic oxidation sites excluding steroid dienone is 1. The summed E-state index contributed by atoms with van der Waals surface area (Å²) in [6, 6.07) is 20.8. The van der Waals surface area contributed by atoms with Gasteiger partial charge in [0.1, 0.15) is 5.71 Å². The average Bonchev–Trinajstić information content (AvgIpc) is 3.83. The summed E-state index contributed by atoms with van der Waals surface area (Å²) in [5, 5.41) is 10.6. The first-order chi connectivity index (χ1) is 20.4. The Morgan fingerprint density at radius 2 is 1.44 bits per heavy atom. The summed E-state index contributed by atoms with van der Waals surface area (Å²) in [5.74, 6) is -0.249. The largest absolute Gasteiger partial charge is 0.432 e. The molecule has 2 fully saturated rings. The van der Waals surface area contributed by atoms with Crippen molar-refractivity contribution in [1.82, 2.24) is 9.21 Å². The summed E-state index contributed by atoms with van der Waals surface area (Å²) in [6.07, 6.45) is -1.52. The van der Waals surface area contributed by atoms with E-state index in [1.54, 1.807) is 63.8 Å². The summed E-state index contributed by atoms with van der Waals surface area (Å²) in [5.41, 5.74) is -0.505. The summed E-state index contributed by atoms with van der Waals surface area (Å²) in [7, 11) is -3.66. The van der Waals surface area contributed by atoms with Gasteiger partial charge in [0.15, 0.2) is 0 Å². The fraction of sp³-hybridized carbons (Fsp3) is 0.290. The molecule has 7 nitrogen and oxygen atoms in total. The zero-order valence-corrected chi connectivity index (χ0v) is 24.6. The van der Waals surface area contributed by atoms with E-state index in [4.69, 9.17) is 17.0 Å². The molecule has 3 aromatic rings. The van der Waals surface area contributed by atoms with Crippen LogP contribution in [0.2, 0.25) is 5.02 Å². The first-order valence-corrected chi connectivity index (χ1v) is 15.6. The molecule has 1 heterocycles. The predicted octanol–water partition coefficient (Wildman–Crippen LogP) is 6.83. The summed E-state index contributed by atoms with van der Waals surface area (Å²) in [6.45, 7) is 0.751. The van der Waals surface area contributed by atoms with Gasteiger partial charge >= 0.3 is 6.18 Å². The molecule has 1 saturated carbocycles. The van der Waals surface area contributed by atoms with Gasteiger partial charge in [-0.3, -0.25) is 10.2 Å². The van der Waals surface area contributed by atoms with E-state index in [2.05, 4.69) is 5.32 Å². The smallest absolute Gasteiger partial charge is 0.354 e. The Bertz CT molecular complexity index is 1620. The molecule has 1 saturated heterocycles. The van der Waals surface area contributed by atoms with E-state index in [9.17, 15) is 26.4 Å². The summed E-state index contributed by atoms with van der Waals surface area (Å²) in [4.78, 5) is 15.3. The molecule has 3 aromatic carbocycles. The summed E-state index contributed by atoms with van der Waals surface area (Å²) < 4.78 is 68.1. The molecule has 0 bridgehead atoms. The van der Waals surface area contributed by atoms with Crippen LogP contribution in [0.15, 0.2) is 89.8 Å². The SMILES string of the molecule is N=C(/C=C(\Nc1ccccc1Cl)c1ccc(C(=O)N2CCC(N(C3CC3)S(=O)(=O)c3ccccc3)CC2)cc1)C(F)(F)F. The molecular formula is C31H30ClF3N4O3S. The Morgan fingerprint density at radius 1 is 0.884 bits per heavy atom. The van der Waals surface area contributed by atoms with Crippen LogP contribution in [0, 0.1) is 5.41 Å². The second kappa shape index (κ2) is 12.5. The highest BCUT2D eigenvalue weighted by molar-refractivity contribution is 7.89. The molecule has 1 amide bonds. The number of anilines is 1. The normalized spacial score (nSPS) is 16.8. The number of rotatable bonds is 9. The second-order valence-corrected chi connectivity index (χ2v) is 12.8. The number of halogens is 4. The van der Waals surface area contributed by atoms with E-state index in [-0.39, 0.29) is 28.6 Å². The number of amides is 1. The van der Waals surface area contributed by atoms with E-state index in [0.717, 1.165) is 12.8 Å². The maximum absolute atomic E-state index is 13.4. The minimum absolute atomic E-state index is 0.00460. The van der Waals surface area contributed by atoms with E-state index in [0.29, 0.717) is 53.8 Å². The van der Waals surface area contributed by atoms with Gasteiger partial charge in [0.25, 0.3) is 5.91 Å². The van der Waals surface area contributed by atoms with Crippen LogP contribution in [0.25, 0.3) is 5.70 Å². The number of alkyl halides is 3. The molecule has 43 heavy (non-hydrogen) atoms. The number of hydrogen-bond donors (Lipinski definition) is 2. The van der Waals surface area contributed by atoms with Crippen LogP contribution in [0.1, 0.15) is 41.6 Å². The van der Waals surface area contributed by atoms with Crippen LogP contribution in [0.5, 0.6) is 0 Å². The lowest BCUT2D eigenvalue weighted by atomic mass is 10.0. The number of carbonyl (C=O) groups is 1. The quantitative estimate of drug-likeness (QED) is 0.253. The Hall–Kier alpha value is -3.67. The van der Waals surface area contributed by atoms with Crippen molar-refractivity contribution in [3.05, 3.63) is 101 Å². The van der Waals surface area contributed by atoms with E-state index in [1.165, 1.54) is 24.3 Å². The topological polar surface area (TPSA) is 93.6 Å². The number of nitrogens with one attached hydrogen (secondary N) is 2. The number of piperidine rings is 1. The van der Waals surface area contributed by atoms with Crippen LogP contribution in [0.4, 0.5) is 18.9 Å². The Balaban J connectivity index is 1.29. The average molecular weight is 631 g/mol. The third kappa shape index (κ3) is 7.11. The standard InChI is InChI=1S/C31H30ClF3N4O3S/c32-26-8-4-5-9-27(26)37-28(20-29(36)31(33,34)35)21-10-12-22(13-11-21)30(40)38-18-16-24(17-19-38)39(23-14-15-23)43(41,42)25-6-2-1-3-7-25/h1-13,20,23-24,36-37H,14-19H2/b28-20-,36-29?. The molecule has 0 spiro atoms. The fourth-order valence-corrected chi connectivity index (χ4v) is 7.29. The third-order valence-corrected chi connectivity index (χ3v) is 9.87. The van der Waals surface area contributed by atoms with Crippen molar-refractivity contribution >= 4 is 44.6 Å². The van der Waals surface area contributed by atoms with Crippen molar-refractivity contribution in [2.75, 3.05) is 18.4 Å². The Labute approximate surface area is 253 Å². The molecule has 0 radical (unpaired) electrons. The minimum atomic E-state index is -4.84. The maximum Gasteiger partial charge on any atom is 0.432 e. The monoisotopic (exact) mass is 630 g/mol. The molecule has 0 unspecified atom stereocenters. The molecule has 2 N–H and O–H groups in total. The molecule has 5 rings (SSSR count). The van der Waals surface area contributed by atoms with Crippen molar-refractivity contribution in [2.45, 2.75) is 48.8 Å². The second-order valence-electron chi connectivity index (χ2n) is 10.6. The van der Waals surface area contributed by atoms with Crippen molar-refractivity contribution < 1.29 is 26.4 Å². The number of sulfonamides is 1. The summed E-state index contributed by atoms with van der Waals surface area (Å²) >= 11 is 6.19. The van der Waals surface area contributed by atoms with E-state index in [1.807, 2.05) is 0 Å². The van der Waals surface area contributed by atoms with Gasteiger partial charge in [0, 0.05) is 36.4 Å². The van der Waals surface area contributed by atoms with Crippen molar-refractivity contribution in [3.8, 4) is 0 Å². The van der Waals surface area contributed by atoms with Gasteiger partial charge in [0.2, 0.25) is 10.0 Å². The first-order valence-electron chi connectivity index (χ1n) is 13.8. The van der Waals surface area contributed by atoms with Crippen molar-refractivity contribution in [2.24, 2.45) is 0 Å². The van der Waals surface area contributed by atoms with Crippen LogP contribution < -0.4 is 5.32 Å². The molecule has 12 heteroatoms. The van der Waals surface area contributed by atoms with Gasteiger partial charge in [-0.2, -0.15) is 17.5 Å². The lowest BCUT2D eigenvalue weighted by Gasteiger charge is -2.38. The molecule has 0 atom stereocenters. The number of likely N-dealkylation sites (tertiary alicyclic amines) is 1. The number of benzene rings is 3. The number of hydrogen-bond acceptors (Lipinski definition) is 5. The predicted molar refractivity (Wildman–Crippen MR) is 161 cm³/mol. The first kappa shape index (κ1) is 30.8. The Kier molecular flexibility index (Phi) is 8.96. The molecule has 2 aliphatic rings. The lowest BCUT2D eigenvalue weighted by molar-refractivity contribution is -0.0583. The van der Waals surface area contributed by atoms with Gasteiger partial charge in [-0.15, -0.1) is 0 Å². The Morgan fingerprint density at radius 3 is 2.02 bits per heavy atom. The van der Waals surface area contributed by atoms with Crippen LogP contribution in [-0.2, 0) is 10.0 Å².